The predicted molar refractivity (Wildman–Crippen MR) is 87.7 cm³/mol. The van der Waals surface area contributed by atoms with Crippen LogP contribution in [0.1, 0.15) is 65.0 Å². The summed E-state index contributed by atoms with van der Waals surface area (Å²) in [6.07, 6.45) is 5.40. The van der Waals surface area contributed by atoms with Gasteiger partial charge < -0.3 is 5.32 Å². The van der Waals surface area contributed by atoms with Gasteiger partial charge in [-0.2, -0.15) is 0 Å². The van der Waals surface area contributed by atoms with Gasteiger partial charge in [0.15, 0.2) is 0 Å². The van der Waals surface area contributed by atoms with Gasteiger partial charge in [0, 0.05) is 6.04 Å². The first-order chi connectivity index (χ1) is 9.86. The van der Waals surface area contributed by atoms with Gasteiger partial charge in [-0.1, -0.05) is 32.9 Å². The predicted octanol–water partition coefficient (Wildman–Crippen LogP) is 5.33. The van der Waals surface area contributed by atoms with Crippen LogP contribution in [0.4, 0.5) is 4.39 Å². The van der Waals surface area contributed by atoms with E-state index in [1.54, 1.807) is 12.1 Å². The molecule has 1 aliphatic rings. The molecule has 0 heterocycles. The van der Waals surface area contributed by atoms with Gasteiger partial charge in [-0.25, -0.2) is 4.39 Å². The summed E-state index contributed by atoms with van der Waals surface area (Å²) >= 11 is 0. The molecule has 1 saturated carbocycles. The van der Waals surface area contributed by atoms with Gasteiger partial charge in [0.05, 0.1) is 0 Å². The minimum Gasteiger partial charge on any atom is -0.310 e. The molecule has 0 bridgehead atoms. The number of benzene rings is 1. The largest absolute Gasteiger partial charge is 0.310 e. The van der Waals surface area contributed by atoms with E-state index in [9.17, 15) is 4.39 Å². The molecular formula is C19H30FN. The van der Waals surface area contributed by atoms with Crippen LogP contribution in [0.15, 0.2) is 24.3 Å². The second kappa shape index (κ2) is 6.91. The second-order valence-electron chi connectivity index (χ2n) is 7.77. The Balaban J connectivity index is 1.76. The Bertz CT molecular complexity index is 424. The molecule has 2 rings (SSSR count). The molecule has 0 aromatic heterocycles. The topological polar surface area (TPSA) is 12.0 Å². The molecule has 1 aromatic carbocycles. The van der Waals surface area contributed by atoms with Gasteiger partial charge in [0.1, 0.15) is 5.82 Å². The maximum Gasteiger partial charge on any atom is 0.123 e. The van der Waals surface area contributed by atoms with Gasteiger partial charge in [0.2, 0.25) is 0 Å². The molecule has 0 aliphatic heterocycles. The van der Waals surface area contributed by atoms with Crippen molar-refractivity contribution in [3.05, 3.63) is 35.6 Å². The van der Waals surface area contributed by atoms with Crippen LogP contribution in [-0.2, 0) is 0 Å². The SMILES string of the molecule is C[C@@H](NCC1CCC(C(C)(C)C)CC1)c1ccc(F)cc1. The Hall–Kier alpha value is -0.890. The van der Waals surface area contributed by atoms with E-state index < -0.39 is 0 Å². The molecule has 0 amide bonds. The smallest absolute Gasteiger partial charge is 0.123 e. The van der Waals surface area contributed by atoms with Crippen LogP contribution >= 0.6 is 0 Å². The first-order valence-electron chi connectivity index (χ1n) is 8.35. The molecule has 0 unspecified atom stereocenters. The highest BCUT2D eigenvalue weighted by molar-refractivity contribution is 5.19. The zero-order valence-electron chi connectivity index (χ0n) is 14.0. The van der Waals surface area contributed by atoms with Crippen molar-refractivity contribution in [2.24, 2.45) is 17.3 Å². The van der Waals surface area contributed by atoms with E-state index in [1.165, 1.54) is 31.2 Å². The fourth-order valence-electron chi connectivity index (χ4n) is 3.45. The van der Waals surface area contributed by atoms with Crippen molar-refractivity contribution in [2.45, 2.75) is 59.4 Å². The van der Waals surface area contributed by atoms with Crippen molar-refractivity contribution in [1.29, 1.82) is 0 Å². The summed E-state index contributed by atoms with van der Waals surface area (Å²) in [4.78, 5) is 0. The summed E-state index contributed by atoms with van der Waals surface area (Å²) in [5.74, 6) is 1.52. The Kier molecular flexibility index (Phi) is 5.43. The summed E-state index contributed by atoms with van der Waals surface area (Å²) < 4.78 is 12.9. The summed E-state index contributed by atoms with van der Waals surface area (Å²) in [5.41, 5.74) is 1.62. The van der Waals surface area contributed by atoms with E-state index in [0.717, 1.165) is 18.4 Å². The molecule has 1 N–H and O–H groups in total. The molecule has 0 radical (unpaired) electrons. The van der Waals surface area contributed by atoms with Crippen LogP contribution in [0.5, 0.6) is 0 Å². The first-order valence-corrected chi connectivity index (χ1v) is 8.35. The van der Waals surface area contributed by atoms with E-state index >= 15 is 0 Å². The Morgan fingerprint density at radius 2 is 1.67 bits per heavy atom. The molecule has 1 nitrogen and oxygen atoms in total. The molecule has 1 atom stereocenters. The summed E-state index contributed by atoms with van der Waals surface area (Å²) in [7, 11) is 0. The number of hydrogen-bond acceptors (Lipinski definition) is 1. The third-order valence-corrected chi connectivity index (χ3v) is 5.15. The monoisotopic (exact) mass is 291 g/mol. The van der Waals surface area contributed by atoms with Gasteiger partial charge in [0.25, 0.3) is 0 Å². The lowest BCUT2D eigenvalue weighted by Crippen LogP contribution is -2.31. The van der Waals surface area contributed by atoms with Gasteiger partial charge >= 0.3 is 0 Å². The summed E-state index contributed by atoms with van der Waals surface area (Å²) in [5, 5.41) is 3.62. The van der Waals surface area contributed by atoms with Gasteiger partial charge in [-0.3, -0.25) is 0 Å². The van der Waals surface area contributed by atoms with E-state index in [0.29, 0.717) is 11.5 Å². The number of halogens is 1. The van der Waals surface area contributed by atoms with Crippen LogP contribution in [0, 0.1) is 23.1 Å². The highest BCUT2D eigenvalue weighted by atomic mass is 19.1. The molecule has 2 heteroatoms. The first kappa shape index (κ1) is 16.5. The average molecular weight is 291 g/mol. The van der Waals surface area contributed by atoms with Crippen molar-refractivity contribution in [3.63, 3.8) is 0 Å². The van der Waals surface area contributed by atoms with Crippen molar-refractivity contribution in [2.75, 3.05) is 6.54 Å². The minimum absolute atomic E-state index is 0.161. The maximum atomic E-state index is 12.9. The zero-order valence-corrected chi connectivity index (χ0v) is 14.0. The van der Waals surface area contributed by atoms with Gasteiger partial charge in [-0.15, -0.1) is 0 Å². The van der Waals surface area contributed by atoms with Crippen LogP contribution in [0.3, 0.4) is 0 Å². The van der Waals surface area contributed by atoms with Crippen molar-refractivity contribution < 1.29 is 4.39 Å². The molecule has 0 saturated heterocycles. The third kappa shape index (κ3) is 4.81. The molecule has 1 aliphatic carbocycles. The van der Waals surface area contributed by atoms with E-state index in [1.807, 2.05) is 12.1 Å². The number of hydrogen-bond donors (Lipinski definition) is 1. The fraction of sp³-hybridized carbons (Fsp3) is 0.684. The Morgan fingerprint density at radius 1 is 1.10 bits per heavy atom. The minimum atomic E-state index is -0.161. The summed E-state index contributed by atoms with van der Waals surface area (Å²) in [6.45, 7) is 10.3. The lowest BCUT2D eigenvalue weighted by molar-refractivity contribution is 0.148. The quantitative estimate of drug-likeness (QED) is 0.790. The number of rotatable bonds is 4. The molecule has 1 fully saturated rings. The normalized spacial score (nSPS) is 24.8. The average Bonchev–Trinajstić information content (AvgIpc) is 2.45. The van der Waals surface area contributed by atoms with E-state index in [4.69, 9.17) is 0 Å². The molecule has 118 valence electrons. The van der Waals surface area contributed by atoms with Crippen molar-refractivity contribution >= 4 is 0 Å². The fourth-order valence-corrected chi connectivity index (χ4v) is 3.45. The molecule has 0 spiro atoms. The van der Waals surface area contributed by atoms with Crippen molar-refractivity contribution in [1.82, 2.24) is 5.32 Å². The van der Waals surface area contributed by atoms with Crippen LogP contribution in [0.2, 0.25) is 0 Å². The number of nitrogens with one attached hydrogen (secondary N) is 1. The van der Waals surface area contributed by atoms with Gasteiger partial charge in [-0.05, 0) is 74.1 Å². The van der Waals surface area contributed by atoms with Crippen LogP contribution < -0.4 is 5.32 Å². The standard InChI is InChI=1S/C19H30FN/c1-14(16-7-11-18(20)12-8-16)21-13-15-5-9-17(10-6-15)19(2,3)4/h7-8,11-12,14-15,17,21H,5-6,9-10,13H2,1-4H3/t14-,15?,17?/m1/s1. The lowest BCUT2D eigenvalue weighted by atomic mass is 9.70. The lowest BCUT2D eigenvalue weighted by Gasteiger charge is -2.37. The van der Waals surface area contributed by atoms with Crippen molar-refractivity contribution in [3.8, 4) is 0 Å². The van der Waals surface area contributed by atoms with Crippen LogP contribution in [-0.4, -0.2) is 6.54 Å². The molecular weight excluding hydrogens is 261 g/mol. The molecule has 1 aromatic rings. The highest BCUT2D eigenvalue weighted by Gasteiger charge is 2.29. The third-order valence-electron chi connectivity index (χ3n) is 5.15. The maximum absolute atomic E-state index is 12.9. The van der Waals surface area contributed by atoms with E-state index in [-0.39, 0.29) is 5.82 Å². The zero-order chi connectivity index (χ0) is 15.5. The van der Waals surface area contributed by atoms with E-state index in [2.05, 4.69) is 33.0 Å². The molecule has 21 heavy (non-hydrogen) atoms. The highest BCUT2D eigenvalue weighted by Crippen LogP contribution is 2.39. The Labute approximate surface area is 129 Å². The van der Waals surface area contributed by atoms with Crippen LogP contribution in [0.25, 0.3) is 0 Å². The Morgan fingerprint density at radius 3 is 2.19 bits per heavy atom. The second-order valence-corrected chi connectivity index (χ2v) is 7.77. The summed E-state index contributed by atoms with van der Waals surface area (Å²) in [6, 6.07) is 7.14.